The van der Waals surface area contributed by atoms with Crippen LogP contribution in [0.1, 0.15) is 57.6 Å². The van der Waals surface area contributed by atoms with Crippen LogP contribution in [-0.4, -0.2) is 22.5 Å². The number of furan rings is 1. The fourth-order valence-electron chi connectivity index (χ4n) is 3.73. The molecular formula is C25H26N2O3S. The fraction of sp³-hybridized carbons (Fsp3) is 0.280. The Bertz CT molecular complexity index is 1030. The molecule has 2 amide bonds. The SMILES string of the molecule is CC[C@H](NC(=O)c1ccc([C@H]2SCC(=O)N2Cc2ccco2)cc1)c1ccc(C)cc1. The molecule has 1 aliphatic rings. The van der Waals surface area contributed by atoms with Crippen molar-refractivity contribution in [3.63, 3.8) is 0 Å². The summed E-state index contributed by atoms with van der Waals surface area (Å²) in [5.74, 6) is 1.21. The minimum atomic E-state index is -0.0958. The predicted octanol–water partition coefficient (Wildman–Crippen LogP) is 5.24. The Kier molecular flexibility index (Phi) is 6.47. The summed E-state index contributed by atoms with van der Waals surface area (Å²) >= 11 is 1.59. The first-order valence-electron chi connectivity index (χ1n) is 10.5. The zero-order valence-electron chi connectivity index (χ0n) is 17.7. The average Bonchev–Trinajstić information content (AvgIpc) is 3.43. The summed E-state index contributed by atoms with van der Waals surface area (Å²) in [6.45, 7) is 4.56. The highest BCUT2D eigenvalue weighted by molar-refractivity contribution is 8.00. The number of amides is 2. The smallest absolute Gasteiger partial charge is 0.251 e. The molecule has 1 fully saturated rings. The van der Waals surface area contributed by atoms with Crippen molar-refractivity contribution in [2.75, 3.05) is 5.75 Å². The van der Waals surface area contributed by atoms with Gasteiger partial charge in [-0.15, -0.1) is 11.8 Å². The first-order valence-corrected chi connectivity index (χ1v) is 11.5. The summed E-state index contributed by atoms with van der Waals surface area (Å²) in [6, 6.07) is 19.5. The van der Waals surface area contributed by atoms with Gasteiger partial charge in [0.05, 0.1) is 24.6 Å². The van der Waals surface area contributed by atoms with Gasteiger partial charge in [-0.25, -0.2) is 0 Å². The third kappa shape index (κ3) is 4.85. The second-order valence-electron chi connectivity index (χ2n) is 7.73. The molecule has 1 aromatic heterocycles. The molecule has 4 rings (SSSR count). The Morgan fingerprint density at radius 2 is 1.90 bits per heavy atom. The molecule has 1 aliphatic heterocycles. The maximum absolute atomic E-state index is 12.8. The van der Waals surface area contributed by atoms with Gasteiger partial charge in [-0.3, -0.25) is 9.59 Å². The van der Waals surface area contributed by atoms with Crippen LogP contribution in [0.5, 0.6) is 0 Å². The molecule has 160 valence electrons. The van der Waals surface area contributed by atoms with Gasteiger partial charge in [0.2, 0.25) is 5.91 Å². The molecule has 0 unspecified atom stereocenters. The van der Waals surface area contributed by atoms with E-state index < -0.39 is 0 Å². The first-order chi connectivity index (χ1) is 15.0. The van der Waals surface area contributed by atoms with E-state index in [-0.39, 0.29) is 23.2 Å². The number of hydrogen-bond donors (Lipinski definition) is 1. The van der Waals surface area contributed by atoms with E-state index in [1.165, 1.54) is 5.56 Å². The minimum absolute atomic E-state index is 0.0282. The lowest BCUT2D eigenvalue weighted by molar-refractivity contribution is -0.128. The lowest BCUT2D eigenvalue weighted by atomic mass is 10.0. The normalized spacial score (nSPS) is 17.0. The molecule has 0 bridgehead atoms. The number of rotatable bonds is 7. The Hall–Kier alpha value is -2.99. The zero-order valence-corrected chi connectivity index (χ0v) is 18.5. The van der Waals surface area contributed by atoms with Crippen molar-refractivity contribution in [2.45, 2.75) is 38.2 Å². The molecule has 2 aromatic carbocycles. The molecule has 0 spiro atoms. The van der Waals surface area contributed by atoms with Crippen molar-refractivity contribution in [1.29, 1.82) is 0 Å². The van der Waals surface area contributed by atoms with Gasteiger partial charge in [-0.2, -0.15) is 0 Å². The van der Waals surface area contributed by atoms with Gasteiger partial charge in [-0.1, -0.05) is 48.9 Å². The number of nitrogens with zero attached hydrogens (tertiary/aromatic N) is 1. The van der Waals surface area contributed by atoms with Gasteiger partial charge in [0, 0.05) is 5.56 Å². The molecule has 1 saturated heterocycles. The molecule has 0 radical (unpaired) electrons. The van der Waals surface area contributed by atoms with Crippen LogP contribution in [0.15, 0.2) is 71.3 Å². The highest BCUT2D eigenvalue weighted by atomic mass is 32.2. The van der Waals surface area contributed by atoms with Gasteiger partial charge >= 0.3 is 0 Å². The number of aryl methyl sites for hydroxylation is 1. The molecule has 0 aliphatic carbocycles. The fourth-order valence-corrected chi connectivity index (χ4v) is 4.92. The maximum Gasteiger partial charge on any atom is 0.251 e. The van der Waals surface area contributed by atoms with Gasteiger partial charge in [0.25, 0.3) is 5.91 Å². The third-order valence-electron chi connectivity index (χ3n) is 5.53. The van der Waals surface area contributed by atoms with Crippen molar-refractivity contribution in [3.05, 3.63) is 94.9 Å². The molecule has 1 N–H and O–H groups in total. The average molecular weight is 435 g/mol. The highest BCUT2D eigenvalue weighted by Gasteiger charge is 2.33. The van der Waals surface area contributed by atoms with E-state index in [1.807, 2.05) is 41.3 Å². The molecule has 6 heteroatoms. The maximum atomic E-state index is 12.8. The number of hydrogen-bond acceptors (Lipinski definition) is 4. The molecular weight excluding hydrogens is 408 g/mol. The van der Waals surface area contributed by atoms with E-state index in [4.69, 9.17) is 4.42 Å². The Balaban J connectivity index is 1.45. The Morgan fingerprint density at radius 1 is 1.16 bits per heavy atom. The van der Waals surface area contributed by atoms with E-state index in [9.17, 15) is 9.59 Å². The molecule has 2 heterocycles. The van der Waals surface area contributed by atoms with Crippen LogP contribution in [0.2, 0.25) is 0 Å². The lowest BCUT2D eigenvalue weighted by Gasteiger charge is -2.23. The third-order valence-corrected chi connectivity index (χ3v) is 6.78. The van der Waals surface area contributed by atoms with Crippen LogP contribution in [0.3, 0.4) is 0 Å². The van der Waals surface area contributed by atoms with E-state index in [0.717, 1.165) is 23.3 Å². The van der Waals surface area contributed by atoms with Gasteiger partial charge in [0.15, 0.2) is 0 Å². The van der Waals surface area contributed by atoms with E-state index in [0.29, 0.717) is 17.9 Å². The van der Waals surface area contributed by atoms with Gasteiger partial charge in [0.1, 0.15) is 11.1 Å². The molecule has 2 atom stereocenters. The van der Waals surface area contributed by atoms with Crippen LogP contribution in [-0.2, 0) is 11.3 Å². The Morgan fingerprint density at radius 3 is 2.55 bits per heavy atom. The predicted molar refractivity (Wildman–Crippen MR) is 123 cm³/mol. The molecule has 0 saturated carbocycles. The zero-order chi connectivity index (χ0) is 21.8. The first kappa shape index (κ1) is 21.2. The van der Waals surface area contributed by atoms with Crippen molar-refractivity contribution in [2.24, 2.45) is 0 Å². The largest absolute Gasteiger partial charge is 0.467 e. The summed E-state index contributed by atoms with van der Waals surface area (Å²) in [5.41, 5.74) is 3.92. The van der Waals surface area contributed by atoms with Crippen molar-refractivity contribution >= 4 is 23.6 Å². The van der Waals surface area contributed by atoms with Gasteiger partial charge in [-0.05, 0) is 48.7 Å². The van der Waals surface area contributed by atoms with Crippen LogP contribution in [0, 0.1) is 6.92 Å². The van der Waals surface area contributed by atoms with E-state index in [2.05, 4.69) is 43.4 Å². The number of carbonyl (C=O) groups excluding carboxylic acids is 2. The molecule has 31 heavy (non-hydrogen) atoms. The number of benzene rings is 2. The van der Waals surface area contributed by atoms with Gasteiger partial charge < -0.3 is 14.6 Å². The quantitative estimate of drug-likeness (QED) is 0.552. The van der Waals surface area contributed by atoms with Crippen molar-refractivity contribution in [3.8, 4) is 0 Å². The summed E-state index contributed by atoms with van der Waals surface area (Å²) in [4.78, 5) is 27.0. The number of nitrogens with one attached hydrogen (secondary N) is 1. The Labute approximate surface area is 186 Å². The lowest BCUT2D eigenvalue weighted by Crippen LogP contribution is -2.28. The summed E-state index contributed by atoms with van der Waals surface area (Å²) in [7, 11) is 0. The minimum Gasteiger partial charge on any atom is -0.467 e. The monoisotopic (exact) mass is 434 g/mol. The van der Waals surface area contributed by atoms with Crippen LogP contribution in [0.4, 0.5) is 0 Å². The topological polar surface area (TPSA) is 62.6 Å². The van der Waals surface area contributed by atoms with E-state index in [1.54, 1.807) is 18.0 Å². The van der Waals surface area contributed by atoms with Crippen molar-refractivity contribution < 1.29 is 14.0 Å². The second kappa shape index (κ2) is 9.43. The van der Waals surface area contributed by atoms with Crippen LogP contribution >= 0.6 is 11.8 Å². The summed E-state index contributed by atoms with van der Waals surface area (Å²) < 4.78 is 5.41. The summed E-state index contributed by atoms with van der Waals surface area (Å²) in [5, 5.41) is 3.05. The number of carbonyl (C=O) groups is 2. The van der Waals surface area contributed by atoms with Crippen molar-refractivity contribution in [1.82, 2.24) is 10.2 Å². The standard InChI is InChI=1S/C25H26N2O3S/c1-3-22(18-8-6-17(2)7-9-18)26-24(29)19-10-12-20(13-11-19)25-27(23(28)16-31-25)15-21-5-4-14-30-21/h4-14,22,25H,3,15-16H2,1-2H3,(H,26,29)/t22-,25+/m0/s1. The molecule has 3 aromatic rings. The van der Waals surface area contributed by atoms with E-state index >= 15 is 0 Å². The van der Waals surface area contributed by atoms with Crippen LogP contribution in [0.25, 0.3) is 0 Å². The highest BCUT2D eigenvalue weighted by Crippen LogP contribution is 2.39. The second-order valence-corrected chi connectivity index (χ2v) is 8.80. The number of thioether (sulfide) groups is 1. The molecule has 5 nitrogen and oxygen atoms in total. The van der Waals surface area contributed by atoms with Crippen LogP contribution < -0.4 is 5.32 Å². The summed E-state index contributed by atoms with van der Waals surface area (Å²) in [6.07, 6.45) is 2.43.